The van der Waals surface area contributed by atoms with Gasteiger partial charge < -0.3 is 14.8 Å². The quantitative estimate of drug-likeness (QED) is 0.346. The standard InChI is InChI=1S/C23H28ClNO4/c1-2-3-4-5-16-29-23(27)18-8-12-20(13-9-18)25-22(26)7-6-17-28-21-14-10-19(24)11-15-21/h8-15H,2-7,16-17H2,1H3,(H,25,26). The summed E-state index contributed by atoms with van der Waals surface area (Å²) < 4.78 is 10.8. The van der Waals surface area contributed by atoms with Gasteiger partial charge in [0.15, 0.2) is 0 Å². The molecular formula is C23H28ClNO4. The van der Waals surface area contributed by atoms with E-state index in [0.717, 1.165) is 31.4 Å². The van der Waals surface area contributed by atoms with Gasteiger partial charge in [0.25, 0.3) is 0 Å². The number of anilines is 1. The van der Waals surface area contributed by atoms with E-state index in [1.165, 1.54) is 0 Å². The molecule has 156 valence electrons. The van der Waals surface area contributed by atoms with Gasteiger partial charge in [0.1, 0.15) is 5.75 Å². The second-order valence-corrected chi connectivity index (χ2v) is 7.16. The van der Waals surface area contributed by atoms with Crippen LogP contribution in [0.4, 0.5) is 5.69 Å². The number of esters is 1. The van der Waals surface area contributed by atoms with Crippen LogP contribution in [-0.2, 0) is 9.53 Å². The molecule has 0 bridgehead atoms. The Bertz CT molecular complexity index is 759. The van der Waals surface area contributed by atoms with Crippen molar-refractivity contribution in [3.8, 4) is 5.75 Å². The molecule has 0 aromatic heterocycles. The van der Waals surface area contributed by atoms with E-state index in [0.29, 0.717) is 42.3 Å². The van der Waals surface area contributed by atoms with E-state index in [-0.39, 0.29) is 11.9 Å². The number of hydrogen-bond acceptors (Lipinski definition) is 4. The molecular weight excluding hydrogens is 390 g/mol. The molecule has 0 aliphatic carbocycles. The van der Waals surface area contributed by atoms with Gasteiger partial charge in [-0.05, 0) is 61.4 Å². The van der Waals surface area contributed by atoms with Crippen LogP contribution in [-0.4, -0.2) is 25.1 Å². The lowest BCUT2D eigenvalue weighted by atomic mass is 10.2. The zero-order valence-corrected chi connectivity index (χ0v) is 17.5. The number of benzene rings is 2. The van der Waals surface area contributed by atoms with Crippen molar-refractivity contribution in [2.24, 2.45) is 0 Å². The van der Waals surface area contributed by atoms with Crippen molar-refractivity contribution in [3.05, 3.63) is 59.1 Å². The van der Waals surface area contributed by atoms with Crippen LogP contribution in [0.2, 0.25) is 5.02 Å². The van der Waals surface area contributed by atoms with Crippen molar-refractivity contribution in [2.45, 2.75) is 45.4 Å². The molecule has 0 atom stereocenters. The molecule has 0 aliphatic heterocycles. The predicted molar refractivity (Wildman–Crippen MR) is 116 cm³/mol. The monoisotopic (exact) mass is 417 g/mol. The summed E-state index contributed by atoms with van der Waals surface area (Å²) in [6.07, 6.45) is 5.19. The largest absolute Gasteiger partial charge is 0.494 e. The molecule has 0 fully saturated rings. The molecule has 0 radical (unpaired) electrons. The van der Waals surface area contributed by atoms with Gasteiger partial charge in [0, 0.05) is 17.1 Å². The summed E-state index contributed by atoms with van der Waals surface area (Å²) in [4.78, 5) is 24.0. The van der Waals surface area contributed by atoms with E-state index in [4.69, 9.17) is 21.1 Å². The van der Waals surface area contributed by atoms with Crippen LogP contribution in [0.25, 0.3) is 0 Å². The molecule has 2 aromatic rings. The topological polar surface area (TPSA) is 64.6 Å². The minimum atomic E-state index is -0.335. The first-order chi connectivity index (χ1) is 14.1. The smallest absolute Gasteiger partial charge is 0.338 e. The average Bonchev–Trinajstić information content (AvgIpc) is 2.73. The van der Waals surface area contributed by atoms with Crippen molar-refractivity contribution in [1.29, 1.82) is 0 Å². The molecule has 1 amide bonds. The lowest BCUT2D eigenvalue weighted by Crippen LogP contribution is -2.13. The Kier molecular flexibility index (Phi) is 10.1. The van der Waals surface area contributed by atoms with Gasteiger partial charge in [-0.25, -0.2) is 4.79 Å². The summed E-state index contributed by atoms with van der Waals surface area (Å²) in [7, 11) is 0. The fraction of sp³-hybridized carbons (Fsp3) is 0.391. The van der Waals surface area contributed by atoms with Crippen LogP contribution in [0, 0.1) is 0 Å². The number of halogens is 1. The van der Waals surface area contributed by atoms with Gasteiger partial charge in [-0.3, -0.25) is 4.79 Å². The zero-order valence-electron chi connectivity index (χ0n) is 16.8. The number of ether oxygens (including phenoxy) is 2. The van der Waals surface area contributed by atoms with Crippen molar-refractivity contribution < 1.29 is 19.1 Å². The molecule has 1 N–H and O–H groups in total. The first-order valence-corrected chi connectivity index (χ1v) is 10.4. The highest BCUT2D eigenvalue weighted by atomic mass is 35.5. The number of carbonyl (C=O) groups is 2. The third-order valence-electron chi connectivity index (χ3n) is 4.27. The predicted octanol–water partition coefficient (Wildman–Crippen LogP) is 5.87. The highest BCUT2D eigenvalue weighted by molar-refractivity contribution is 6.30. The van der Waals surface area contributed by atoms with Crippen LogP contribution in [0.1, 0.15) is 55.8 Å². The molecule has 0 saturated carbocycles. The van der Waals surface area contributed by atoms with Crippen LogP contribution < -0.4 is 10.1 Å². The Hall–Kier alpha value is -2.53. The van der Waals surface area contributed by atoms with Crippen LogP contribution >= 0.6 is 11.6 Å². The maximum atomic E-state index is 12.0. The van der Waals surface area contributed by atoms with Crippen LogP contribution in [0.3, 0.4) is 0 Å². The van der Waals surface area contributed by atoms with Crippen molar-refractivity contribution in [1.82, 2.24) is 0 Å². The normalized spacial score (nSPS) is 10.4. The minimum Gasteiger partial charge on any atom is -0.494 e. The zero-order chi connectivity index (χ0) is 20.9. The van der Waals surface area contributed by atoms with E-state index >= 15 is 0 Å². The van der Waals surface area contributed by atoms with Crippen LogP contribution in [0.5, 0.6) is 5.75 Å². The van der Waals surface area contributed by atoms with Gasteiger partial charge >= 0.3 is 5.97 Å². The number of carbonyl (C=O) groups excluding carboxylic acids is 2. The van der Waals surface area contributed by atoms with E-state index in [1.54, 1.807) is 48.5 Å². The highest BCUT2D eigenvalue weighted by Crippen LogP contribution is 2.16. The number of nitrogens with one attached hydrogen (secondary N) is 1. The van der Waals surface area contributed by atoms with E-state index in [2.05, 4.69) is 12.2 Å². The van der Waals surface area contributed by atoms with Crippen molar-refractivity contribution >= 4 is 29.2 Å². The van der Waals surface area contributed by atoms with E-state index in [9.17, 15) is 9.59 Å². The Balaban J connectivity index is 1.65. The van der Waals surface area contributed by atoms with Crippen molar-refractivity contribution in [3.63, 3.8) is 0 Å². The third-order valence-corrected chi connectivity index (χ3v) is 4.52. The Morgan fingerprint density at radius 3 is 2.31 bits per heavy atom. The van der Waals surface area contributed by atoms with Gasteiger partial charge in [-0.1, -0.05) is 37.8 Å². The van der Waals surface area contributed by atoms with E-state index in [1.807, 2.05) is 0 Å². The van der Waals surface area contributed by atoms with Crippen molar-refractivity contribution in [2.75, 3.05) is 18.5 Å². The molecule has 0 saturated heterocycles. The summed E-state index contributed by atoms with van der Waals surface area (Å²) in [6, 6.07) is 13.8. The van der Waals surface area contributed by atoms with Gasteiger partial charge in [0.2, 0.25) is 5.91 Å². The number of rotatable bonds is 12. The van der Waals surface area contributed by atoms with Crippen LogP contribution in [0.15, 0.2) is 48.5 Å². The molecule has 2 aromatic carbocycles. The second-order valence-electron chi connectivity index (χ2n) is 6.73. The average molecular weight is 418 g/mol. The molecule has 0 aliphatic rings. The minimum absolute atomic E-state index is 0.101. The molecule has 0 heterocycles. The highest BCUT2D eigenvalue weighted by Gasteiger charge is 2.08. The maximum absolute atomic E-state index is 12.0. The fourth-order valence-electron chi connectivity index (χ4n) is 2.64. The molecule has 29 heavy (non-hydrogen) atoms. The number of unbranched alkanes of at least 4 members (excludes halogenated alkanes) is 3. The molecule has 2 rings (SSSR count). The Morgan fingerprint density at radius 2 is 1.62 bits per heavy atom. The summed E-state index contributed by atoms with van der Waals surface area (Å²) >= 11 is 5.82. The van der Waals surface area contributed by atoms with Gasteiger partial charge in [-0.2, -0.15) is 0 Å². The lowest BCUT2D eigenvalue weighted by molar-refractivity contribution is -0.116. The second kappa shape index (κ2) is 12.8. The SMILES string of the molecule is CCCCCCOC(=O)c1ccc(NC(=O)CCCOc2ccc(Cl)cc2)cc1. The number of hydrogen-bond donors (Lipinski definition) is 1. The summed E-state index contributed by atoms with van der Waals surface area (Å²) in [5.74, 6) is 0.289. The van der Waals surface area contributed by atoms with Gasteiger partial charge in [0.05, 0.1) is 18.8 Å². The lowest BCUT2D eigenvalue weighted by Gasteiger charge is -2.08. The fourth-order valence-corrected chi connectivity index (χ4v) is 2.77. The summed E-state index contributed by atoms with van der Waals surface area (Å²) in [5.41, 5.74) is 1.13. The van der Waals surface area contributed by atoms with E-state index < -0.39 is 0 Å². The first-order valence-electron chi connectivity index (χ1n) is 10.0. The molecule has 0 unspecified atom stereocenters. The summed E-state index contributed by atoms with van der Waals surface area (Å²) in [6.45, 7) is 3.02. The maximum Gasteiger partial charge on any atom is 0.338 e. The summed E-state index contributed by atoms with van der Waals surface area (Å²) in [5, 5.41) is 3.47. The Morgan fingerprint density at radius 1 is 0.897 bits per heavy atom. The van der Waals surface area contributed by atoms with Gasteiger partial charge in [-0.15, -0.1) is 0 Å². The molecule has 5 nitrogen and oxygen atoms in total. The Labute approximate surface area is 177 Å². The number of amides is 1. The molecule has 0 spiro atoms. The first kappa shape index (κ1) is 22.8. The molecule has 6 heteroatoms. The third kappa shape index (κ3) is 9.01.